The van der Waals surface area contributed by atoms with Gasteiger partial charge in [-0.25, -0.2) is 0 Å². The molecule has 3 fully saturated rings. The maximum Gasteiger partial charge on any atom is 0.248 e. The van der Waals surface area contributed by atoms with Gasteiger partial charge in [-0.2, -0.15) is 0 Å². The minimum Gasteiger partial charge on any atom is -0.494 e. The number of hydrogen-bond acceptors (Lipinski definition) is 6. The molecular weight excluding hydrogens is 526 g/mol. The van der Waals surface area contributed by atoms with E-state index in [1.54, 1.807) is 28.8 Å². The fourth-order valence-corrected chi connectivity index (χ4v) is 9.34. The number of nitrogens with one attached hydrogen (secondary N) is 2. The molecular formula is C31H39N3O5S. The number of anilines is 2. The Morgan fingerprint density at radius 2 is 1.75 bits per heavy atom. The summed E-state index contributed by atoms with van der Waals surface area (Å²) in [5, 5.41) is 15.6. The molecule has 3 amide bonds. The van der Waals surface area contributed by atoms with Crippen LogP contribution < -0.4 is 15.4 Å². The molecule has 5 rings (SSSR count). The number of aliphatic hydroxyl groups excluding tert-OH is 1. The van der Waals surface area contributed by atoms with E-state index in [0.29, 0.717) is 38.1 Å². The van der Waals surface area contributed by atoms with Gasteiger partial charge in [-0.15, -0.1) is 11.8 Å². The normalized spacial score (nSPS) is 28.5. The molecule has 1 spiro atoms. The number of aryl methyl sites for hydroxylation is 2. The van der Waals surface area contributed by atoms with Gasteiger partial charge >= 0.3 is 0 Å². The van der Waals surface area contributed by atoms with Crippen molar-refractivity contribution < 1.29 is 24.2 Å². The van der Waals surface area contributed by atoms with Crippen molar-refractivity contribution in [3.63, 3.8) is 0 Å². The summed E-state index contributed by atoms with van der Waals surface area (Å²) in [7, 11) is 0. The fraction of sp³-hybridized carbons (Fsp3) is 0.516. The molecule has 3 N–H and O–H groups in total. The zero-order valence-corrected chi connectivity index (χ0v) is 24.5. The average molecular weight is 566 g/mol. The quantitative estimate of drug-likeness (QED) is 0.366. The van der Waals surface area contributed by atoms with Crippen molar-refractivity contribution in [3.8, 4) is 5.75 Å². The molecule has 214 valence electrons. The second-order valence-electron chi connectivity index (χ2n) is 11.4. The van der Waals surface area contributed by atoms with Gasteiger partial charge in [-0.1, -0.05) is 18.2 Å². The number of para-hydroxylation sites is 1. The Morgan fingerprint density at radius 1 is 1.05 bits per heavy atom. The van der Waals surface area contributed by atoms with Crippen molar-refractivity contribution in [2.45, 2.75) is 68.9 Å². The summed E-state index contributed by atoms with van der Waals surface area (Å²) < 4.78 is 4.37. The number of likely N-dealkylation sites (tertiary alicyclic amines) is 1. The molecule has 3 aliphatic heterocycles. The van der Waals surface area contributed by atoms with E-state index in [1.807, 2.05) is 51.1 Å². The minimum absolute atomic E-state index is 0.0236. The molecule has 0 saturated carbocycles. The van der Waals surface area contributed by atoms with E-state index >= 15 is 0 Å². The lowest BCUT2D eigenvalue weighted by Crippen LogP contribution is -2.52. The van der Waals surface area contributed by atoms with Crippen LogP contribution in [0.25, 0.3) is 0 Å². The first kappa shape index (κ1) is 28.5. The lowest BCUT2D eigenvalue weighted by Gasteiger charge is -2.35. The van der Waals surface area contributed by atoms with Crippen molar-refractivity contribution in [1.82, 2.24) is 4.90 Å². The first-order valence-electron chi connectivity index (χ1n) is 14.2. The summed E-state index contributed by atoms with van der Waals surface area (Å²) in [4.78, 5) is 43.8. The zero-order valence-electron chi connectivity index (χ0n) is 23.7. The summed E-state index contributed by atoms with van der Waals surface area (Å²) in [6.45, 7) is 8.85. The SMILES string of the molecule is CCOc1ccc(NC(=O)[C@H]2[C@H]3C(=O)N(CCCCO)C(C(=O)Nc4c(C)cccc4C)C34CC[C@]2(C)S4)cc1. The van der Waals surface area contributed by atoms with Crippen LogP contribution in [0.1, 0.15) is 50.7 Å². The number of hydrogen-bond donors (Lipinski definition) is 3. The van der Waals surface area contributed by atoms with E-state index in [-0.39, 0.29) is 24.3 Å². The van der Waals surface area contributed by atoms with E-state index in [0.717, 1.165) is 29.0 Å². The predicted octanol–water partition coefficient (Wildman–Crippen LogP) is 4.53. The molecule has 3 heterocycles. The Balaban J connectivity index is 1.46. The van der Waals surface area contributed by atoms with Gasteiger partial charge in [0.25, 0.3) is 0 Å². The van der Waals surface area contributed by atoms with Crippen LogP contribution in [0, 0.1) is 25.7 Å². The molecule has 9 heteroatoms. The number of aliphatic hydroxyl groups is 1. The van der Waals surface area contributed by atoms with E-state index < -0.39 is 27.4 Å². The van der Waals surface area contributed by atoms with Crippen molar-refractivity contribution in [1.29, 1.82) is 0 Å². The molecule has 40 heavy (non-hydrogen) atoms. The van der Waals surface area contributed by atoms with Gasteiger partial charge in [0.2, 0.25) is 17.7 Å². The third-order valence-corrected chi connectivity index (χ3v) is 10.8. The first-order valence-corrected chi connectivity index (χ1v) is 15.0. The van der Waals surface area contributed by atoms with E-state index in [2.05, 4.69) is 17.6 Å². The van der Waals surface area contributed by atoms with Gasteiger partial charge in [-0.3, -0.25) is 14.4 Å². The number of nitrogens with zero attached hydrogens (tertiary/aromatic N) is 1. The second-order valence-corrected chi connectivity index (χ2v) is 13.3. The summed E-state index contributed by atoms with van der Waals surface area (Å²) >= 11 is 1.66. The number of rotatable bonds is 10. The Labute approximate surface area is 240 Å². The number of fused-ring (bicyclic) bond motifs is 1. The molecule has 8 nitrogen and oxygen atoms in total. The van der Waals surface area contributed by atoms with Crippen LogP contribution >= 0.6 is 11.8 Å². The Kier molecular flexibility index (Phi) is 7.90. The monoisotopic (exact) mass is 565 g/mol. The summed E-state index contributed by atoms with van der Waals surface area (Å²) in [5.74, 6) is -0.969. The van der Waals surface area contributed by atoms with Crippen LogP contribution in [-0.4, -0.2) is 63.0 Å². The standard InChI is InChI=1S/C31H39N3O5S/c1-5-39-22-13-11-21(12-14-22)32-27(36)23-24-29(38)34(17-6-7-18-35)26(31(24)16-15-30(23,4)40-31)28(37)33-25-19(2)9-8-10-20(25)3/h8-14,23-24,26,35H,5-7,15-18H2,1-4H3,(H,32,36)(H,33,37)/t23-,24+,26?,30+,31?/m1/s1. The summed E-state index contributed by atoms with van der Waals surface area (Å²) in [6, 6.07) is 12.4. The molecule has 2 unspecified atom stereocenters. The third-order valence-electron chi connectivity index (χ3n) is 8.78. The van der Waals surface area contributed by atoms with Crippen LogP contribution in [-0.2, 0) is 14.4 Å². The first-order chi connectivity index (χ1) is 19.1. The minimum atomic E-state index is -0.696. The largest absolute Gasteiger partial charge is 0.494 e. The van der Waals surface area contributed by atoms with E-state index in [4.69, 9.17) is 4.74 Å². The Morgan fingerprint density at radius 3 is 2.40 bits per heavy atom. The lowest BCUT2D eigenvalue weighted by atomic mass is 9.66. The van der Waals surface area contributed by atoms with Crippen LogP contribution in [0.4, 0.5) is 11.4 Å². The highest BCUT2D eigenvalue weighted by molar-refractivity contribution is 8.02. The number of thioether (sulfide) groups is 1. The Hall–Kier alpha value is -3.04. The fourth-order valence-electron chi connectivity index (χ4n) is 6.99. The molecule has 0 aliphatic carbocycles. The molecule has 2 aromatic rings. The van der Waals surface area contributed by atoms with E-state index in [9.17, 15) is 19.5 Å². The van der Waals surface area contributed by atoms with Crippen LogP contribution in [0.3, 0.4) is 0 Å². The van der Waals surface area contributed by atoms with Gasteiger partial charge in [0.1, 0.15) is 11.8 Å². The number of carbonyl (C=O) groups excluding carboxylic acids is 3. The van der Waals surface area contributed by atoms with Gasteiger partial charge in [-0.05, 0) is 88.8 Å². The number of carbonyl (C=O) groups is 3. The predicted molar refractivity (Wildman–Crippen MR) is 158 cm³/mol. The maximum atomic E-state index is 14.2. The smallest absolute Gasteiger partial charge is 0.248 e. The number of unbranched alkanes of at least 4 members (excludes halogenated alkanes) is 1. The van der Waals surface area contributed by atoms with Gasteiger partial charge in [0, 0.05) is 29.3 Å². The van der Waals surface area contributed by atoms with Gasteiger partial charge < -0.3 is 25.4 Å². The highest BCUT2D eigenvalue weighted by Gasteiger charge is 2.77. The Bertz CT molecular complexity index is 1280. The van der Waals surface area contributed by atoms with Crippen LogP contribution in [0.15, 0.2) is 42.5 Å². The summed E-state index contributed by atoms with van der Waals surface area (Å²) in [6.07, 6.45) is 2.57. The molecule has 3 saturated heterocycles. The number of amides is 3. The van der Waals surface area contributed by atoms with Crippen LogP contribution in [0.2, 0.25) is 0 Å². The lowest BCUT2D eigenvalue weighted by molar-refractivity contribution is -0.139. The molecule has 2 bridgehead atoms. The highest BCUT2D eigenvalue weighted by atomic mass is 32.2. The number of ether oxygens (including phenoxy) is 1. The van der Waals surface area contributed by atoms with Crippen molar-refractivity contribution in [2.24, 2.45) is 11.8 Å². The topological polar surface area (TPSA) is 108 Å². The van der Waals surface area contributed by atoms with Crippen molar-refractivity contribution >= 4 is 40.9 Å². The molecule has 0 aromatic heterocycles. The van der Waals surface area contributed by atoms with Gasteiger partial charge in [0.15, 0.2) is 0 Å². The molecule has 5 atom stereocenters. The van der Waals surface area contributed by atoms with Crippen molar-refractivity contribution in [2.75, 3.05) is 30.4 Å². The molecule has 0 radical (unpaired) electrons. The zero-order chi connectivity index (χ0) is 28.7. The highest BCUT2D eigenvalue weighted by Crippen LogP contribution is 2.71. The third kappa shape index (κ3) is 4.77. The molecule has 3 aliphatic rings. The average Bonchev–Trinajstić information content (AvgIpc) is 3.48. The van der Waals surface area contributed by atoms with Crippen LogP contribution in [0.5, 0.6) is 5.75 Å². The van der Waals surface area contributed by atoms with E-state index in [1.165, 1.54) is 0 Å². The second kappa shape index (κ2) is 11.1. The van der Waals surface area contributed by atoms with Crippen molar-refractivity contribution in [3.05, 3.63) is 53.6 Å². The number of benzene rings is 2. The summed E-state index contributed by atoms with van der Waals surface area (Å²) in [5.41, 5.74) is 3.33. The van der Waals surface area contributed by atoms with Gasteiger partial charge in [0.05, 0.1) is 23.2 Å². The maximum absolute atomic E-state index is 14.2. The molecule has 2 aromatic carbocycles.